The summed E-state index contributed by atoms with van der Waals surface area (Å²) < 4.78 is 14.8. The van der Waals surface area contributed by atoms with E-state index in [1.165, 1.54) is 12.1 Å². The second-order valence-electron chi connectivity index (χ2n) is 5.17. The van der Waals surface area contributed by atoms with Crippen LogP contribution in [0.2, 0.25) is 0 Å². The van der Waals surface area contributed by atoms with Gasteiger partial charge in [0.2, 0.25) is 5.91 Å². The molecule has 1 aromatic carbocycles. The molecule has 0 aliphatic carbocycles. The Morgan fingerprint density at radius 3 is 2.55 bits per heavy atom. The van der Waals surface area contributed by atoms with Gasteiger partial charge in [-0.1, -0.05) is 0 Å². The highest BCUT2D eigenvalue weighted by Gasteiger charge is 2.15. The molecule has 118 valence electrons. The molecule has 0 radical (unpaired) electrons. The van der Waals surface area contributed by atoms with Crippen molar-refractivity contribution >= 4 is 5.91 Å². The van der Waals surface area contributed by atoms with Crippen LogP contribution in [-0.2, 0) is 11.2 Å². The molecule has 0 fully saturated rings. The van der Waals surface area contributed by atoms with E-state index >= 15 is 0 Å². The molecule has 0 saturated carbocycles. The second-order valence-corrected chi connectivity index (χ2v) is 5.17. The number of nitrogens with zero attached hydrogens (tertiary/aromatic N) is 2. The first-order chi connectivity index (χ1) is 10.5. The van der Waals surface area contributed by atoms with Crippen LogP contribution < -0.4 is 10.6 Å². The van der Waals surface area contributed by atoms with Crippen LogP contribution in [0, 0.1) is 19.7 Å². The first-order valence-electron chi connectivity index (χ1n) is 7.25. The molecule has 1 aromatic heterocycles. The largest absolute Gasteiger partial charge is 0.355 e. The van der Waals surface area contributed by atoms with Gasteiger partial charge in [-0.3, -0.25) is 4.79 Å². The third kappa shape index (κ3) is 3.71. The summed E-state index contributed by atoms with van der Waals surface area (Å²) in [4.78, 5) is 12.0. The molecule has 5 nitrogen and oxygen atoms in total. The summed E-state index contributed by atoms with van der Waals surface area (Å²) >= 11 is 0. The molecular weight excluding hydrogens is 283 g/mol. The Labute approximate surface area is 129 Å². The van der Waals surface area contributed by atoms with Gasteiger partial charge >= 0.3 is 0 Å². The van der Waals surface area contributed by atoms with Crippen LogP contribution in [0.15, 0.2) is 24.3 Å². The van der Waals surface area contributed by atoms with Crippen molar-refractivity contribution in [1.82, 2.24) is 20.4 Å². The zero-order chi connectivity index (χ0) is 16.1. The Morgan fingerprint density at radius 1 is 1.23 bits per heavy atom. The van der Waals surface area contributed by atoms with Gasteiger partial charge in [-0.15, -0.1) is 0 Å². The molecule has 0 unspecified atom stereocenters. The zero-order valence-electron chi connectivity index (χ0n) is 13.1. The number of aromatic nitrogens is 2. The lowest BCUT2D eigenvalue weighted by atomic mass is 10.1. The van der Waals surface area contributed by atoms with E-state index < -0.39 is 0 Å². The van der Waals surface area contributed by atoms with Crippen LogP contribution >= 0.6 is 0 Å². The van der Waals surface area contributed by atoms with Gasteiger partial charge < -0.3 is 10.6 Å². The highest BCUT2D eigenvalue weighted by atomic mass is 19.1. The van der Waals surface area contributed by atoms with Crippen molar-refractivity contribution in [2.24, 2.45) is 0 Å². The lowest BCUT2D eigenvalue weighted by molar-refractivity contribution is -0.120. The number of rotatable bonds is 6. The Hall–Kier alpha value is -2.21. The fraction of sp³-hybridized carbons (Fsp3) is 0.375. The minimum atomic E-state index is -0.283. The second kappa shape index (κ2) is 7.17. The van der Waals surface area contributed by atoms with E-state index in [9.17, 15) is 9.18 Å². The SMILES string of the molecule is CNCCNC(=O)Cc1c(C)nn(-c2ccc(F)cc2)c1C. The number of nitrogens with one attached hydrogen (secondary N) is 2. The topological polar surface area (TPSA) is 58.9 Å². The monoisotopic (exact) mass is 304 g/mol. The molecule has 0 aliphatic rings. The van der Waals surface area contributed by atoms with Gasteiger partial charge in [0.15, 0.2) is 0 Å². The number of hydrogen-bond acceptors (Lipinski definition) is 3. The van der Waals surface area contributed by atoms with Gasteiger partial charge in [-0.25, -0.2) is 9.07 Å². The average Bonchev–Trinajstić information content (AvgIpc) is 2.76. The number of halogens is 1. The maximum absolute atomic E-state index is 13.0. The van der Waals surface area contributed by atoms with Gasteiger partial charge in [0.25, 0.3) is 0 Å². The fourth-order valence-electron chi connectivity index (χ4n) is 2.31. The molecule has 2 aromatic rings. The van der Waals surface area contributed by atoms with Crippen molar-refractivity contribution in [1.29, 1.82) is 0 Å². The van der Waals surface area contributed by atoms with E-state index in [0.717, 1.165) is 29.2 Å². The first kappa shape index (κ1) is 16.2. The highest BCUT2D eigenvalue weighted by Crippen LogP contribution is 2.18. The molecule has 0 atom stereocenters. The lowest BCUT2D eigenvalue weighted by Crippen LogP contribution is -2.31. The third-order valence-electron chi connectivity index (χ3n) is 3.55. The number of hydrogen-bond donors (Lipinski definition) is 2. The molecule has 2 rings (SSSR count). The number of aryl methyl sites for hydroxylation is 1. The van der Waals surface area contributed by atoms with Crippen LogP contribution in [0.25, 0.3) is 5.69 Å². The van der Waals surface area contributed by atoms with E-state index in [1.807, 2.05) is 20.9 Å². The van der Waals surface area contributed by atoms with Gasteiger partial charge in [0.1, 0.15) is 5.82 Å². The van der Waals surface area contributed by atoms with Crippen LogP contribution in [0.1, 0.15) is 17.0 Å². The quantitative estimate of drug-likeness (QED) is 0.795. The van der Waals surface area contributed by atoms with Crippen LogP contribution in [-0.4, -0.2) is 35.8 Å². The minimum Gasteiger partial charge on any atom is -0.355 e. The molecular formula is C16H21FN4O. The number of amides is 1. The van der Waals surface area contributed by atoms with Crippen LogP contribution in [0.4, 0.5) is 4.39 Å². The first-order valence-corrected chi connectivity index (χ1v) is 7.25. The number of carbonyl (C=O) groups is 1. The van der Waals surface area contributed by atoms with Crippen molar-refractivity contribution in [3.63, 3.8) is 0 Å². The minimum absolute atomic E-state index is 0.0277. The maximum Gasteiger partial charge on any atom is 0.224 e. The predicted molar refractivity (Wildman–Crippen MR) is 83.6 cm³/mol. The number of benzene rings is 1. The van der Waals surface area contributed by atoms with Crippen molar-refractivity contribution in [3.05, 3.63) is 47.0 Å². The molecule has 0 aliphatic heterocycles. The molecule has 1 amide bonds. The average molecular weight is 304 g/mol. The summed E-state index contributed by atoms with van der Waals surface area (Å²) in [5.41, 5.74) is 3.40. The standard InChI is InChI=1S/C16H21FN4O/c1-11-15(10-16(22)19-9-8-18-3)12(2)21(20-11)14-6-4-13(17)5-7-14/h4-7,18H,8-10H2,1-3H3,(H,19,22). The van der Waals surface area contributed by atoms with Crippen molar-refractivity contribution < 1.29 is 9.18 Å². The summed E-state index contributed by atoms with van der Waals surface area (Å²) in [6, 6.07) is 6.14. The molecule has 6 heteroatoms. The van der Waals surface area contributed by atoms with E-state index in [4.69, 9.17) is 0 Å². The smallest absolute Gasteiger partial charge is 0.224 e. The fourth-order valence-corrected chi connectivity index (χ4v) is 2.31. The highest BCUT2D eigenvalue weighted by molar-refractivity contribution is 5.79. The summed E-state index contributed by atoms with van der Waals surface area (Å²) in [5, 5.41) is 10.3. The summed E-state index contributed by atoms with van der Waals surface area (Å²) in [5.74, 6) is -0.311. The molecule has 0 saturated heterocycles. The molecule has 22 heavy (non-hydrogen) atoms. The lowest BCUT2D eigenvalue weighted by Gasteiger charge is -2.06. The predicted octanol–water partition coefficient (Wildman–Crippen LogP) is 1.51. The number of likely N-dealkylation sites (N-methyl/N-ethyl adjacent to an activating group) is 1. The van der Waals surface area contributed by atoms with Gasteiger partial charge in [-0.2, -0.15) is 5.10 Å². The third-order valence-corrected chi connectivity index (χ3v) is 3.55. The van der Waals surface area contributed by atoms with Crippen LogP contribution in [0.3, 0.4) is 0 Å². The van der Waals surface area contributed by atoms with Crippen molar-refractivity contribution in [2.75, 3.05) is 20.1 Å². The van der Waals surface area contributed by atoms with Crippen molar-refractivity contribution in [2.45, 2.75) is 20.3 Å². The van der Waals surface area contributed by atoms with E-state index in [2.05, 4.69) is 15.7 Å². The van der Waals surface area contributed by atoms with Gasteiger partial charge in [0, 0.05) is 24.3 Å². The van der Waals surface area contributed by atoms with Crippen molar-refractivity contribution in [3.8, 4) is 5.69 Å². The molecule has 0 spiro atoms. The van der Waals surface area contributed by atoms with E-state index in [1.54, 1.807) is 16.8 Å². The Morgan fingerprint density at radius 2 is 1.91 bits per heavy atom. The zero-order valence-corrected chi connectivity index (χ0v) is 13.1. The van der Waals surface area contributed by atoms with E-state index in [0.29, 0.717) is 13.0 Å². The molecule has 1 heterocycles. The summed E-state index contributed by atoms with van der Waals surface area (Å²) in [6.07, 6.45) is 0.294. The summed E-state index contributed by atoms with van der Waals surface area (Å²) in [6.45, 7) is 5.13. The molecule has 0 bridgehead atoms. The molecule has 2 N–H and O–H groups in total. The number of carbonyl (C=O) groups excluding carboxylic acids is 1. The van der Waals surface area contributed by atoms with Gasteiger partial charge in [0.05, 0.1) is 17.8 Å². The van der Waals surface area contributed by atoms with Gasteiger partial charge in [-0.05, 0) is 45.2 Å². The Bertz CT molecular complexity index is 649. The Balaban J connectivity index is 2.16. The maximum atomic E-state index is 13.0. The summed E-state index contributed by atoms with van der Waals surface area (Å²) in [7, 11) is 1.84. The normalized spacial score (nSPS) is 10.7. The van der Waals surface area contributed by atoms with Crippen LogP contribution in [0.5, 0.6) is 0 Å². The van der Waals surface area contributed by atoms with E-state index in [-0.39, 0.29) is 11.7 Å². The Kier molecular flexibility index (Phi) is 5.27.